The first-order chi connectivity index (χ1) is 9.50. The number of rotatable bonds is 5. The standard InChI is InChI=1S/C15H26N4O/c1-12-14(17-6-5-16-12)13(2)18-11-15(3,4)19-7-9-20-10-8-19/h5-6,13,18H,7-11H2,1-4H3. The fourth-order valence-corrected chi connectivity index (χ4v) is 2.62. The van der Waals surface area contributed by atoms with Gasteiger partial charge in [0.05, 0.1) is 24.6 Å². The van der Waals surface area contributed by atoms with Gasteiger partial charge < -0.3 is 10.1 Å². The van der Waals surface area contributed by atoms with Crippen molar-refractivity contribution in [3.8, 4) is 0 Å². The number of aryl methyl sites for hydroxylation is 1. The maximum absolute atomic E-state index is 5.43. The van der Waals surface area contributed by atoms with E-state index in [4.69, 9.17) is 4.74 Å². The molecule has 0 radical (unpaired) electrons. The van der Waals surface area contributed by atoms with E-state index in [2.05, 4.69) is 41.0 Å². The monoisotopic (exact) mass is 278 g/mol. The lowest BCUT2D eigenvalue weighted by molar-refractivity contribution is -0.0103. The summed E-state index contributed by atoms with van der Waals surface area (Å²) in [6.45, 7) is 13.3. The quantitative estimate of drug-likeness (QED) is 0.885. The number of ether oxygens (including phenoxy) is 1. The Labute approximate surface area is 121 Å². The second-order valence-electron chi connectivity index (χ2n) is 6.04. The van der Waals surface area contributed by atoms with Crippen molar-refractivity contribution in [1.82, 2.24) is 20.2 Å². The highest BCUT2D eigenvalue weighted by atomic mass is 16.5. The second-order valence-corrected chi connectivity index (χ2v) is 6.04. The van der Waals surface area contributed by atoms with Gasteiger partial charge in [-0.3, -0.25) is 14.9 Å². The minimum absolute atomic E-state index is 0.119. The zero-order chi connectivity index (χ0) is 14.6. The predicted molar refractivity (Wildman–Crippen MR) is 79.7 cm³/mol. The summed E-state index contributed by atoms with van der Waals surface area (Å²) in [5.41, 5.74) is 2.15. The lowest BCUT2D eigenvalue weighted by Crippen LogP contribution is -2.54. The number of morpholine rings is 1. The van der Waals surface area contributed by atoms with Gasteiger partial charge in [0.2, 0.25) is 0 Å². The molecular weight excluding hydrogens is 252 g/mol. The van der Waals surface area contributed by atoms with Crippen LogP contribution < -0.4 is 5.32 Å². The molecule has 1 atom stereocenters. The molecule has 20 heavy (non-hydrogen) atoms. The van der Waals surface area contributed by atoms with Crippen molar-refractivity contribution in [2.75, 3.05) is 32.8 Å². The fourth-order valence-electron chi connectivity index (χ4n) is 2.62. The maximum Gasteiger partial charge on any atom is 0.0782 e. The smallest absolute Gasteiger partial charge is 0.0782 e. The van der Waals surface area contributed by atoms with Gasteiger partial charge in [-0.25, -0.2) is 0 Å². The first kappa shape index (κ1) is 15.4. The summed E-state index contributed by atoms with van der Waals surface area (Å²) in [5.74, 6) is 0. The Morgan fingerprint density at radius 2 is 1.95 bits per heavy atom. The molecule has 112 valence electrons. The van der Waals surface area contributed by atoms with Crippen LogP contribution in [0.5, 0.6) is 0 Å². The van der Waals surface area contributed by atoms with Gasteiger partial charge in [-0.05, 0) is 27.7 Å². The van der Waals surface area contributed by atoms with Gasteiger partial charge in [-0.15, -0.1) is 0 Å². The molecule has 0 bridgehead atoms. The van der Waals surface area contributed by atoms with Crippen LogP contribution >= 0.6 is 0 Å². The molecule has 0 amide bonds. The summed E-state index contributed by atoms with van der Waals surface area (Å²) < 4.78 is 5.43. The van der Waals surface area contributed by atoms with E-state index in [1.165, 1.54) is 0 Å². The van der Waals surface area contributed by atoms with Gasteiger partial charge >= 0.3 is 0 Å². The average Bonchev–Trinajstić information content (AvgIpc) is 2.46. The highest BCUT2D eigenvalue weighted by Gasteiger charge is 2.28. The Kier molecular flexibility index (Phi) is 5.07. The lowest BCUT2D eigenvalue weighted by atomic mass is 10.0. The van der Waals surface area contributed by atoms with E-state index >= 15 is 0 Å². The van der Waals surface area contributed by atoms with Crippen LogP contribution in [-0.2, 0) is 4.74 Å². The van der Waals surface area contributed by atoms with Crippen molar-refractivity contribution in [1.29, 1.82) is 0 Å². The fraction of sp³-hybridized carbons (Fsp3) is 0.733. The maximum atomic E-state index is 5.43. The van der Waals surface area contributed by atoms with Gasteiger partial charge in [0.25, 0.3) is 0 Å². The molecule has 1 unspecified atom stereocenters. The van der Waals surface area contributed by atoms with Crippen molar-refractivity contribution in [2.24, 2.45) is 0 Å². The van der Waals surface area contributed by atoms with E-state index < -0.39 is 0 Å². The van der Waals surface area contributed by atoms with Crippen molar-refractivity contribution < 1.29 is 4.74 Å². The third-order valence-corrected chi connectivity index (χ3v) is 4.04. The molecule has 5 heteroatoms. The largest absolute Gasteiger partial charge is 0.379 e. The molecular formula is C15H26N4O. The molecule has 1 aliphatic heterocycles. The van der Waals surface area contributed by atoms with Crippen molar-refractivity contribution in [2.45, 2.75) is 39.3 Å². The number of hydrogen-bond acceptors (Lipinski definition) is 5. The highest BCUT2D eigenvalue weighted by Crippen LogP contribution is 2.18. The van der Waals surface area contributed by atoms with Gasteiger partial charge in [-0.1, -0.05) is 0 Å². The van der Waals surface area contributed by atoms with Crippen LogP contribution in [0.15, 0.2) is 12.4 Å². The number of aromatic nitrogens is 2. The lowest BCUT2D eigenvalue weighted by Gasteiger charge is -2.41. The van der Waals surface area contributed by atoms with Gasteiger partial charge in [0.15, 0.2) is 0 Å². The first-order valence-corrected chi connectivity index (χ1v) is 7.34. The molecule has 1 N–H and O–H groups in total. The van der Waals surface area contributed by atoms with Crippen molar-refractivity contribution in [3.05, 3.63) is 23.8 Å². The van der Waals surface area contributed by atoms with E-state index in [1.54, 1.807) is 12.4 Å². The van der Waals surface area contributed by atoms with E-state index in [0.29, 0.717) is 0 Å². The molecule has 2 heterocycles. The van der Waals surface area contributed by atoms with Crippen molar-refractivity contribution in [3.63, 3.8) is 0 Å². The Hall–Kier alpha value is -1.04. The number of nitrogens with one attached hydrogen (secondary N) is 1. The summed E-state index contributed by atoms with van der Waals surface area (Å²) in [7, 11) is 0. The van der Waals surface area contributed by atoms with E-state index in [0.717, 1.165) is 44.2 Å². The molecule has 0 spiro atoms. The van der Waals surface area contributed by atoms with Crippen LogP contribution in [0.1, 0.15) is 38.2 Å². The van der Waals surface area contributed by atoms with E-state index in [-0.39, 0.29) is 11.6 Å². The summed E-state index contributed by atoms with van der Waals surface area (Å²) >= 11 is 0. The molecule has 1 fully saturated rings. The molecule has 1 aromatic heterocycles. The highest BCUT2D eigenvalue weighted by molar-refractivity contribution is 5.12. The molecule has 0 saturated carbocycles. The summed E-state index contributed by atoms with van der Waals surface area (Å²) in [6, 6.07) is 0.212. The molecule has 1 saturated heterocycles. The molecule has 5 nitrogen and oxygen atoms in total. The summed E-state index contributed by atoms with van der Waals surface area (Å²) in [5, 5.41) is 3.59. The number of nitrogens with zero attached hydrogens (tertiary/aromatic N) is 3. The Morgan fingerprint density at radius 3 is 2.60 bits per heavy atom. The average molecular weight is 278 g/mol. The van der Waals surface area contributed by atoms with E-state index in [1.807, 2.05) is 6.92 Å². The zero-order valence-electron chi connectivity index (χ0n) is 13.0. The van der Waals surface area contributed by atoms with Gasteiger partial charge in [0, 0.05) is 43.6 Å². The third-order valence-electron chi connectivity index (χ3n) is 4.04. The minimum Gasteiger partial charge on any atom is -0.379 e. The Morgan fingerprint density at radius 1 is 1.30 bits per heavy atom. The first-order valence-electron chi connectivity index (χ1n) is 7.34. The Balaban J connectivity index is 1.92. The third kappa shape index (κ3) is 3.75. The number of hydrogen-bond donors (Lipinski definition) is 1. The second kappa shape index (κ2) is 6.61. The zero-order valence-corrected chi connectivity index (χ0v) is 13.0. The van der Waals surface area contributed by atoms with Crippen LogP contribution in [-0.4, -0.2) is 53.3 Å². The van der Waals surface area contributed by atoms with Crippen LogP contribution in [0.25, 0.3) is 0 Å². The van der Waals surface area contributed by atoms with Gasteiger partial charge in [-0.2, -0.15) is 0 Å². The normalized spacial score (nSPS) is 19.0. The molecule has 1 aliphatic rings. The summed E-state index contributed by atoms with van der Waals surface area (Å²) in [4.78, 5) is 11.2. The molecule has 1 aromatic rings. The predicted octanol–water partition coefficient (Wildman–Crippen LogP) is 1.55. The van der Waals surface area contributed by atoms with Crippen LogP contribution in [0.4, 0.5) is 0 Å². The Bertz CT molecular complexity index is 430. The molecule has 2 rings (SSSR count). The van der Waals surface area contributed by atoms with Crippen molar-refractivity contribution >= 4 is 0 Å². The van der Waals surface area contributed by atoms with E-state index in [9.17, 15) is 0 Å². The molecule has 0 aromatic carbocycles. The SMILES string of the molecule is Cc1nccnc1C(C)NCC(C)(C)N1CCOCC1. The topological polar surface area (TPSA) is 50.3 Å². The van der Waals surface area contributed by atoms with Crippen LogP contribution in [0, 0.1) is 6.92 Å². The minimum atomic E-state index is 0.119. The summed E-state index contributed by atoms with van der Waals surface area (Å²) in [6.07, 6.45) is 3.50. The molecule has 0 aliphatic carbocycles. The van der Waals surface area contributed by atoms with Crippen LogP contribution in [0.2, 0.25) is 0 Å². The van der Waals surface area contributed by atoms with Crippen LogP contribution in [0.3, 0.4) is 0 Å². The van der Waals surface area contributed by atoms with Gasteiger partial charge in [0.1, 0.15) is 0 Å².